The molecule has 0 amide bonds. The number of hydrogen-bond acceptors (Lipinski definition) is 2. The van der Waals surface area contributed by atoms with Crippen LogP contribution in [-0.4, -0.2) is 16.2 Å². The molecule has 1 fully saturated rings. The van der Waals surface area contributed by atoms with E-state index < -0.39 is 0 Å². The second kappa shape index (κ2) is 2.07. The van der Waals surface area contributed by atoms with Crippen LogP contribution in [0.3, 0.4) is 0 Å². The van der Waals surface area contributed by atoms with Crippen LogP contribution in [0, 0.1) is 0 Å². The lowest BCUT2D eigenvalue weighted by molar-refractivity contribution is 0.158. The van der Waals surface area contributed by atoms with E-state index in [0.717, 1.165) is 12.8 Å². The Morgan fingerprint density at radius 1 is 1.33 bits per heavy atom. The fourth-order valence-electron chi connectivity index (χ4n) is 2.70. The third kappa shape index (κ3) is 0.661. The normalized spacial score (nSPS) is 36.9. The Labute approximate surface area is 71.3 Å². The molecule has 2 aliphatic rings. The number of aliphatic hydroxyl groups excluding tert-OH is 1. The molecule has 0 unspecified atom stereocenters. The highest BCUT2D eigenvalue weighted by molar-refractivity contribution is 5.40. The zero-order chi connectivity index (χ0) is 8.13. The van der Waals surface area contributed by atoms with Crippen LogP contribution in [0.15, 0.2) is 18.5 Å². The van der Waals surface area contributed by atoms with Crippen molar-refractivity contribution in [3.8, 4) is 0 Å². The summed E-state index contributed by atoms with van der Waals surface area (Å²) in [6, 6.07) is 2.06. The first-order valence-corrected chi connectivity index (χ1v) is 4.48. The van der Waals surface area contributed by atoms with Crippen LogP contribution in [0.1, 0.15) is 35.8 Å². The average molecular weight is 161 g/mol. The Morgan fingerprint density at radius 3 is 3.17 bits per heavy atom. The Balaban J connectivity index is 2.17. The van der Waals surface area contributed by atoms with Gasteiger partial charge in [-0.05, 0) is 36.0 Å². The highest BCUT2D eigenvalue weighted by Crippen LogP contribution is 2.52. The van der Waals surface area contributed by atoms with E-state index in [9.17, 15) is 5.11 Å². The van der Waals surface area contributed by atoms with Crippen molar-refractivity contribution >= 4 is 0 Å². The van der Waals surface area contributed by atoms with E-state index in [0.29, 0.717) is 11.8 Å². The van der Waals surface area contributed by atoms with E-state index in [2.05, 4.69) is 11.1 Å². The Bertz CT molecular complexity index is 323. The van der Waals surface area contributed by atoms with Crippen molar-refractivity contribution in [1.29, 1.82) is 0 Å². The van der Waals surface area contributed by atoms with Crippen LogP contribution >= 0.6 is 0 Å². The first-order chi connectivity index (χ1) is 5.86. The van der Waals surface area contributed by atoms with Gasteiger partial charge in [-0.2, -0.15) is 0 Å². The first kappa shape index (κ1) is 6.61. The second-order valence-corrected chi connectivity index (χ2v) is 3.85. The van der Waals surface area contributed by atoms with Gasteiger partial charge < -0.3 is 5.11 Å². The summed E-state index contributed by atoms with van der Waals surface area (Å²) in [5.74, 6) is 1.00. The van der Waals surface area contributed by atoms with Crippen LogP contribution in [-0.2, 0) is 0 Å². The third-order valence-electron chi connectivity index (χ3n) is 3.26. The minimum Gasteiger partial charge on any atom is -0.392 e. The van der Waals surface area contributed by atoms with E-state index >= 15 is 0 Å². The molecule has 3 atom stereocenters. The topological polar surface area (TPSA) is 33.1 Å². The summed E-state index contributed by atoms with van der Waals surface area (Å²) in [7, 11) is 0. The number of fused-ring (bicyclic) bond motifs is 5. The maximum Gasteiger partial charge on any atom is 0.0614 e. The number of pyridine rings is 1. The number of hydrogen-bond donors (Lipinski definition) is 1. The molecule has 1 aromatic heterocycles. The van der Waals surface area contributed by atoms with Crippen molar-refractivity contribution in [3.05, 3.63) is 29.6 Å². The molecule has 0 saturated heterocycles. The quantitative estimate of drug-likeness (QED) is 0.624. The molecule has 1 heterocycles. The summed E-state index contributed by atoms with van der Waals surface area (Å²) in [4.78, 5) is 4.12. The fourth-order valence-corrected chi connectivity index (χ4v) is 2.70. The molecule has 0 radical (unpaired) electrons. The van der Waals surface area contributed by atoms with Crippen molar-refractivity contribution in [3.63, 3.8) is 0 Å². The summed E-state index contributed by atoms with van der Waals surface area (Å²) in [5, 5.41) is 9.65. The summed E-state index contributed by atoms with van der Waals surface area (Å²) < 4.78 is 0. The average Bonchev–Trinajstić information content (AvgIpc) is 2.62. The molecule has 2 nitrogen and oxygen atoms in total. The van der Waals surface area contributed by atoms with Gasteiger partial charge in [0.1, 0.15) is 0 Å². The van der Waals surface area contributed by atoms with Crippen molar-refractivity contribution in [1.82, 2.24) is 4.98 Å². The predicted molar refractivity (Wildman–Crippen MR) is 45.0 cm³/mol. The lowest BCUT2D eigenvalue weighted by atomic mass is 9.91. The molecular weight excluding hydrogens is 150 g/mol. The minimum atomic E-state index is -0.0927. The van der Waals surface area contributed by atoms with Gasteiger partial charge in [-0.3, -0.25) is 4.98 Å². The van der Waals surface area contributed by atoms with Crippen molar-refractivity contribution in [2.75, 3.05) is 0 Å². The fraction of sp³-hybridized carbons (Fsp3) is 0.500. The van der Waals surface area contributed by atoms with Crippen molar-refractivity contribution in [2.45, 2.75) is 30.8 Å². The molecule has 1 aromatic rings. The summed E-state index contributed by atoms with van der Waals surface area (Å²) in [6.45, 7) is 0. The number of aromatic nitrogens is 1. The van der Waals surface area contributed by atoms with Crippen molar-refractivity contribution < 1.29 is 5.11 Å². The molecular formula is C10H11NO. The molecule has 0 spiro atoms. The molecule has 0 aliphatic heterocycles. The summed E-state index contributed by atoms with van der Waals surface area (Å²) in [6.07, 6.45) is 5.79. The molecule has 3 rings (SSSR count). The summed E-state index contributed by atoms with van der Waals surface area (Å²) in [5.41, 5.74) is 2.72. The highest BCUT2D eigenvalue weighted by Gasteiger charge is 2.42. The lowest BCUT2D eigenvalue weighted by Gasteiger charge is -2.18. The van der Waals surface area contributed by atoms with Crippen LogP contribution in [0.25, 0.3) is 0 Å². The number of aliphatic hydroxyl groups is 1. The van der Waals surface area contributed by atoms with Gasteiger partial charge in [0.25, 0.3) is 0 Å². The van der Waals surface area contributed by atoms with Crippen LogP contribution < -0.4 is 0 Å². The van der Waals surface area contributed by atoms with Gasteiger partial charge in [0.15, 0.2) is 0 Å². The van der Waals surface area contributed by atoms with Gasteiger partial charge in [-0.25, -0.2) is 0 Å². The standard InChI is InChI=1S/C10H11NO/c12-10-4-6-3-8(10)7-1-2-11-5-9(6)7/h1-2,5-6,8,10,12H,3-4H2/t6-,8+,10+/m1/s1. The predicted octanol–water partition coefficient (Wildman–Crippen LogP) is 1.42. The second-order valence-electron chi connectivity index (χ2n) is 3.85. The van der Waals surface area contributed by atoms with Gasteiger partial charge in [0, 0.05) is 18.3 Å². The van der Waals surface area contributed by atoms with Crippen molar-refractivity contribution in [2.24, 2.45) is 0 Å². The Kier molecular flexibility index (Phi) is 1.14. The van der Waals surface area contributed by atoms with E-state index in [1.807, 2.05) is 12.4 Å². The minimum absolute atomic E-state index is 0.0927. The first-order valence-electron chi connectivity index (χ1n) is 4.48. The van der Waals surface area contributed by atoms with E-state index in [1.165, 1.54) is 11.1 Å². The van der Waals surface area contributed by atoms with Gasteiger partial charge in [0.2, 0.25) is 0 Å². The Morgan fingerprint density at radius 2 is 2.25 bits per heavy atom. The molecule has 1 saturated carbocycles. The molecule has 62 valence electrons. The smallest absolute Gasteiger partial charge is 0.0614 e. The van der Waals surface area contributed by atoms with E-state index in [-0.39, 0.29) is 6.10 Å². The number of nitrogens with zero attached hydrogens (tertiary/aromatic N) is 1. The van der Waals surface area contributed by atoms with Crippen LogP contribution in [0.4, 0.5) is 0 Å². The molecule has 1 N–H and O–H groups in total. The number of rotatable bonds is 0. The molecule has 0 aromatic carbocycles. The molecule has 2 bridgehead atoms. The highest BCUT2D eigenvalue weighted by atomic mass is 16.3. The van der Waals surface area contributed by atoms with Gasteiger partial charge >= 0.3 is 0 Å². The zero-order valence-corrected chi connectivity index (χ0v) is 6.77. The molecule has 2 aliphatic carbocycles. The van der Waals surface area contributed by atoms with Gasteiger partial charge in [-0.1, -0.05) is 0 Å². The van der Waals surface area contributed by atoms with E-state index in [1.54, 1.807) is 0 Å². The Hall–Kier alpha value is -0.890. The van der Waals surface area contributed by atoms with E-state index in [4.69, 9.17) is 0 Å². The summed E-state index contributed by atoms with van der Waals surface area (Å²) >= 11 is 0. The third-order valence-corrected chi connectivity index (χ3v) is 3.26. The monoisotopic (exact) mass is 161 g/mol. The van der Waals surface area contributed by atoms with Gasteiger partial charge in [0.05, 0.1) is 6.10 Å². The largest absolute Gasteiger partial charge is 0.392 e. The maximum atomic E-state index is 9.65. The van der Waals surface area contributed by atoms with Crippen LogP contribution in [0.2, 0.25) is 0 Å². The maximum absolute atomic E-state index is 9.65. The molecule has 12 heavy (non-hydrogen) atoms. The van der Waals surface area contributed by atoms with Gasteiger partial charge in [-0.15, -0.1) is 0 Å². The zero-order valence-electron chi connectivity index (χ0n) is 6.77. The lowest BCUT2D eigenvalue weighted by Crippen LogP contribution is -2.15. The molecule has 2 heteroatoms. The SMILES string of the molecule is O[C@H]1C[C@H]2C[C@H]1c1ccncc12. The van der Waals surface area contributed by atoms with Crippen LogP contribution in [0.5, 0.6) is 0 Å².